The highest BCUT2D eigenvalue weighted by atomic mass is 32.3. The molecule has 7 unspecified atom stereocenters. The Morgan fingerprint density at radius 2 is 0.914 bits per heavy atom. The number of amides is 1. The van der Waals surface area contributed by atoms with Gasteiger partial charge in [-0.05, 0) is 44.9 Å². The lowest BCUT2D eigenvalue weighted by Crippen LogP contribution is -2.61. The fraction of sp³-hybridized carbons (Fsp3) is 0.912. The zero-order valence-corrected chi connectivity index (χ0v) is 45.7. The minimum Gasteiger partial charge on any atom is -0.394 e. The second kappa shape index (κ2) is 47.3. The van der Waals surface area contributed by atoms with Crippen molar-refractivity contribution in [3.8, 4) is 0 Å². The van der Waals surface area contributed by atoms with Gasteiger partial charge in [-0.15, -0.1) is 0 Å². The standard InChI is InChI=1S/C57H109NO11S/c1-3-5-7-9-11-13-15-17-19-21-23-24-25-26-27-29-31-33-35-37-39-41-43-45-47-53(61)58-50(49-67-57-55(63)56(69-70(64,65)66)54(62)52(48-59)68-57)51(60)46-44-42-40-38-36-34-32-30-28-22-20-18-16-14-12-10-8-6-4-2/h26-27,44,46,50-52,54-57,59-60,62-63H,3-25,28-43,45,47-49H2,1-2H3,(H,58,61)(H,64,65,66)/b27-26-,46-44+. The van der Waals surface area contributed by atoms with Crippen LogP contribution in [0.25, 0.3) is 0 Å². The summed E-state index contributed by atoms with van der Waals surface area (Å²) in [5.74, 6) is -0.262. The van der Waals surface area contributed by atoms with Crippen molar-refractivity contribution in [2.75, 3.05) is 13.2 Å². The summed E-state index contributed by atoms with van der Waals surface area (Å²) in [4.78, 5) is 13.1. The van der Waals surface area contributed by atoms with Gasteiger partial charge in [0.25, 0.3) is 0 Å². The highest BCUT2D eigenvalue weighted by Crippen LogP contribution is 2.26. The number of aliphatic hydroxyl groups excluding tert-OH is 4. The van der Waals surface area contributed by atoms with Crippen molar-refractivity contribution in [2.24, 2.45) is 0 Å². The number of rotatable bonds is 51. The van der Waals surface area contributed by atoms with Gasteiger partial charge in [0.1, 0.15) is 24.4 Å². The molecule has 1 heterocycles. The predicted molar refractivity (Wildman–Crippen MR) is 287 cm³/mol. The van der Waals surface area contributed by atoms with Crippen LogP contribution < -0.4 is 5.32 Å². The van der Waals surface area contributed by atoms with Gasteiger partial charge in [0, 0.05) is 6.42 Å². The molecular weight excluding hydrogens is 907 g/mol. The zero-order valence-electron chi connectivity index (χ0n) is 44.9. The number of hydrogen-bond acceptors (Lipinski definition) is 10. The summed E-state index contributed by atoms with van der Waals surface area (Å²) in [5.41, 5.74) is 0. The van der Waals surface area contributed by atoms with Crippen LogP contribution in [0, 0.1) is 0 Å². The molecule has 12 nitrogen and oxygen atoms in total. The summed E-state index contributed by atoms with van der Waals surface area (Å²) < 4.78 is 47.8. The molecule has 0 aromatic carbocycles. The van der Waals surface area contributed by atoms with E-state index < -0.39 is 59.9 Å². The highest BCUT2D eigenvalue weighted by Gasteiger charge is 2.48. The highest BCUT2D eigenvalue weighted by molar-refractivity contribution is 7.80. The van der Waals surface area contributed by atoms with Gasteiger partial charge in [-0.25, -0.2) is 4.18 Å². The molecule has 1 aliphatic rings. The molecule has 0 spiro atoms. The molecule has 1 rings (SSSR count). The maximum Gasteiger partial charge on any atom is 0.397 e. The van der Waals surface area contributed by atoms with E-state index in [9.17, 15) is 38.2 Å². The molecule has 0 aromatic heterocycles. The van der Waals surface area contributed by atoms with Crippen molar-refractivity contribution in [1.29, 1.82) is 0 Å². The van der Waals surface area contributed by atoms with Crippen molar-refractivity contribution < 1.29 is 51.8 Å². The van der Waals surface area contributed by atoms with E-state index >= 15 is 0 Å². The van der Waals surface area contributed by atoms with Crippen LogP contribution in [0.3, 0.4) is 0 Å². The fourth-order valence-electron chi connectivity index (χ4n) is 9.45. The van der Waals surface area contributed by atoms with Crippen LogP contribution in [0.1, 0.15) is 277 Å². The molecule has 70 heavy (non-hydrogen) atoms. The van der Waals surface area contributed by atoms with E-state index in [2.05, 4.69) is 35.5 Å². The third kappa shape index (κ3) is 39.1. The topological polar surface area (TPSA) is 192 Å². The van der Waals surface area contributed by atoms with Crippen LogP contribution >= 0.6 is 0 Å². The predicted octanol–water partition coefficient (Wildman–Crippen LogP) is 13.6. The molecule has 414 valence electrons. The Kier molecular flexibility index (Phi) is 45.0. The molecule has 0 aromatic rings. The van der Waals surface area contributed by atoms with Crippen LogP contribution in [0.4, 0.5) is 0 Å². The van der Waals surface area contributed by atoms with E-state index in [4.69, 9.17) is 9.47 Å². The average Bonchev–Trinajstić information content (AvgIpc) is 3.33. The minimum atomic E-state index is -5.09. The van der Waals surface area contributed by atoms with Crippen LogP contribution in [-0.2, 0) is 28.9 Å². The molecule has 6 N–H and O–H groups in total. The summed E-state index contributed by atoms with van der Waals surface area (Å²) in [6.07, 6.45) is 49.3. The van der Waals surface area contributed by atoms with E-state index in [1.807, 2.05) is 6.08 Å². The molecule has 0 radical (unpaired) electrons. The maximum atomic E-state index is 13.1. The minimum absolute atomic E-state index is 0.262. The Morgan fingerprint density at radius 1 is 0.557 bits per heavy atom. The first-order valence-corrected chi connectivity index (χ1v) is 30.6. The van der Waals surface area contributed by atoms with Crippen molar-refractivity contribution in [3.05, 3.63) is 24.3 Å². The number of carbonyl (C=O) groups is 1. The number of carbonyl (C=O) groups excluding carboxylic acids is 1. The van der Waals surface area contributed by atoms with Gasteiger partial charge in [-0.1, -0.05) is 250 Å². The zero-order chi connectivity index (χ0) is 51.2. The number of aliphatic hydroxyl groups is 4. The van der Waals surface area contributed by atoms with Gasteiger partial charge < -0.3 is 35.2 Å². The lowest BCUT2D eigenvalue weighted by atomic mass is 9.99. The van der Waals surface area contributed by atoms with Crippen molar-refractivity contribution in [2.45, 2.75) is 320 Å². The monoisotopic (exact) mass is 1020 g/mol. The van der Waals surface area contributed by atoms with Crippen LogP contribution in [0.5, 0.6) is 0 Å². The lowest BCUT2D eigenvalue weighted by molar-refractivity contribution is -0.298. The number of allylic oxidation sites excluding steroid dienone is 3. The summed E-state index contributed by atoms with van der Waals surface area (Å²) in [5, 5.41) is 45.0. The summed E-state index contributed by atoms with van der Waals surface area (Å²) in [7, 11) is -5.09. The van der Waals surface area contributed by atoms with Gasteiger partial charge in [-0.2, -0.15) is 8.42 Å². The van der Waals surface area contributed by atoms with Gasteiger partial charge in [0.2, 0.25) is 5.91 Å². The van der Waals surface area contributed by atoms with E-state index in [1.165, 1.54) is 205 Å². The summed E-state index contributed by atoms with van der Waals surface area (Å²) in [6.45, 7) is 3.43. The molecule has 0 bridgehead atoms. The second-order valence-electron chi connectivity index (χ2n) is 20.6. The number of hydrogen-bond donors (Lipinski definition) is 6. The van der Waals surface area contributed by atoms with Crippen molar-refractivity contribution in [3.63, 3.8) is 0 Å². The first kappa shape index (κ1) is 66.6. The molecule has 0 saturated carbocycles. The number of unbranched alkanes of at least 4 members (excludes halogenated alkanes) is 37. The molecule has 1 saturated heterocycles. The first-order chi connectivity index (χ1) is 34.0. The Balaban J connectivity index is 2.37. The largest absolute Gasteiger partial charge is 0.397 e. The summed E-state index contributed by atoms with van der Waals surface area (Å²) in [6, 6.07) is -0.945. The van der Waals surface area contributed by atoms with E-state index in [1.54, 1.807) is 6.08 Å². The Hall–Kier alpha value is -1.42. The smallest absolute Gasteiger partial charge is 0.394 e. The van der Waals surface area contributed by atoms with E-state index in [0.717, 1.165) is 44.9 Å². The quantitative estimate of drug-likeness (QED) is 0.0193. The molecule has 1 amide bonds. The first-order valence-electron chi connectivity index (χ1n) is 29.2. The lowest BCUT2D eigenvalue weighted by Gasteiger charge is -2.41. The van der Waals surface area contributed by atoms with Crippen molar-refractivity contribution >= 4 is 16.3 Å². The van der Waals surface area contributed by atoms with Crippen LogP contribution in [0.15, 0.2) is 24.3 Å². The second-order valence-corrected chi connectivity index (χ2v) is 21.6. The Labute approximate surface area is 429 Å². The van der Waals surface area contributed by atoms with Gasteiger partial charge >= 0.3 is 10.4 Å². The Morgan fingerprint density at radius 3 is 1.29 bits per heavy atom. The molecule has 0 aliphatic carbocycles. The van der Waals surface area contributed by atoms with Gasteiger partial charge in [0.05, 0.1) is 25.4 Å². The number of nitrogens with one attached hydrogen (secondary N) is 1. The normalized spacial score (nSPS) is 19.7. The van der Waals surface area contributed by atoms with Gasteiger partial charge in [-0.3, -0.25) is 9.35 Å². The third-order valence-electron chi connectivity index (χ3n) is 14.0. The van der Waals surface area contributed by atoms with Crippen LogP contribution in [0.2, 0.25) is 0 Å². The van der Waals surface area contributed by atoms with Gasteiger partial charge in [0.15, 0.2) is 6.29 Å². The SMILES string of the molecule is CCCCCCCCCCCCCC/C=C\CCCCCCCCCCC(=O)NC(COC1OC(CO)C(O)C(OS(=O)(=O)O)C1O)C(O)/C=C/CCCCCCCCCCCCCCCCCCC. The van der Waals surface area contributed by atoms with Crippen LogP contribution in [-0.4, -0.2) is 95.4 Å². The fourth-order valence-corrected chi connectivity index (χ4v) is 9.96. The van der Waals surface area contributed by atoms with E-state index in [0.29, 0.717) is 6.42 Å². The summed E-state index contributed by atoms with van der Waals surface area (Å²) >= 11 is 0. The molecule has 13 heteroatoms. The molecular formula is C57H109NO11S. The third-order valence-corrected chi connectivity index (χ3v) is 14.4. The average molecular weight is 1020 g/mol. The maximum absolute atomic E-state index is 13.1. The Bertz CT molecular complexity index is 1330. The number of ether oxygens (including phenoxy) is 2. The van der Waals surface area contributed by atoms with Crippen molar-refractivity contribution in [1.82, 2.24) is 5.32 Å². The molecule has 7 atom stereocenters. The molecule has 1 aliphatic heterocycles. The molecule has 1 fully saturated rings. The van der Waals surface area contributed by atoms with E-state index in [-0.39, 0.29) is 18.9 Å².